The number of amides is 1. The van der Waals surface area contributed by atoms with Crippen LogP contribution in [0, 0.1) is 6.92 Å². The number of alkyl halides is 3. The van der Waals surface area contributed by atoms with Crippen LogP contribution in [0.15, 0.2) is 59.1 Å². The summed E-state index contributed by atoms with van der Waals surface area (Å²) >= 11 is 0. The second kappa shape index (κ2) is 9.97. The van der Waals surface area contributed by atoms with E-state index < -0.39 is 6.36 Å². The quantitative estimate of drug-likeness (QED) is 0.391. The Hall–Kier alpha value is -4.19. The molecule has 0 bridgehead atoms. The van der Waals surface area contributed by atoms with Gasteiger partial charge in [-0.15, -0.1) is 13.2 Å². The van der Waals surface area contributed by atoms with Crippen LogP contribution in [0.1, 0.15) is 21.6 Å². The van der Waals surface area contributed by atoms with Gasteiger partial charge in [-0.2, -0.15) is 10.1 Å². The molecule has 4 rings (SSSR count). The van der Waals surface area contributed by atoms with Crippen LogP contribution in [0.25, 0.3) is 23.0 Å². The fourth-order valence-corrected chi connectivity index (χ4v) is 3.30. The van der Waals surface area contributed by atoms with Gasteiger partial charge in [-0.1, -0.05) is 17.3 Å². The molecular weight excluding hydrogens is 465 g/mol. The molecule has 0 unspecified atom stereocenters. The number of ether oxygens (including phenoxy) is 1. The van der Waals surface area contributed by atoms with E-state index in [1.807, 2.05) is 13.0 Å². The van der Waals surface area contributed by atoms with Gasteiger partial charge in [0, 0.05) is 29.9 Å². The number of nitrogens with zero attached hydrogens (tertiary/aromatic N) is 4. The van der Waals surface area contributed by atoms with E-state index >= 15 is 0 Å². The number of rotatable bonds is 8. The van der Waals surface area contributed by atoms with Gasteiger partial charge in [0.15, 0.2) is 5.69 Å². The minimum Gasteiger partial charge on any atom is -0.406 e. The summed E-state index contributed by atoms with van der Waals surface area (Å²) in [6, 6.07) is 14.1. The maximum atomic E-state index is 12.3. The number of hydrogen-bond donors (Lipinski definition) is 2. The summed E-state index contributed by atoms with van der Waals surface area (Å²) in [5.41, 5.74) is 8.54. The molecule has 12 heteroatoms. The average molecular weight is 486 g/mol. The van der Waals surface area contributed by atoms with Crippen molar-refractivity contribution in [1.82, 2.24) is 25.2 Å². The molecule has 0 atom stereocenters. The summed E-state index contributed by atoms with van der Waals surface area (Å²) in [5.74, 6) is -0.193. The highest BCUT2D eigenvalue weighted by Gasteiger charge is 2.31. The number of hydrogen-bond acceptors (Lipinski definition) is 7. The molecule has 0 aliphatic carbocycles. The Morgan fingerprint density at radius 1 is 1.17 bits per heavy atom. The van der Waals surface area contributed by atoms with E-state index in [-0.39, 0.29) is 23.4 Å². The van der Waals surface area contributed by atoms with Crippen LogP contribution in [-0.2, 0) is 6.54 Å². The molecule has 2 aromatic heterocycles. The van der Waals surface area contributed by atoms with Gasteiger partial charge in [-0.05, 0) is 55.0 Å². The predicted octanol–water partition coefficient (Wildman–Crippen LogP) is 3.54. The predicted molar refractivity (Wildman–Crippen MR) is 119 cm³/mol. The van der Waals surface area contributed by atoms with Crippen molar-refractivity contribution in [2.75, 3.05) is 13.1 Å². The molecule has 0 radical (unpaired) electrons. The second-order valence-electron chi connectivity index (χ2n) is 7.57. The van der Waals surface area contributed by atoms with E-state index in [1.54, 1.807) is 28.9 Å². The Bertz CT molecular complexity index is 1310. The summed E-state index contributed by atoms with van der Waals surface area (Å²) < 4.78 is 47.9. The van der Waals surface area contributed by atoms with Crippen molar-refractivity contribution >= 4 is 5.91 Å². The first-order valence-corrected chi connectivity index (χ1v) is 10.5. The summed E-state index contributed by atoms with van der Waals surface area (Å²) in [6.07, 6.45) is -4.77. The number of carbonyl (C=O) groups excluding carboxylic acids is 1. The van der Waals surface area contributed by atoms with Crippen molar-refractivity contribution in [3.8, 4) is 28.7 Å². The fourth-order valence-electron chi connectivity index (χ4n) is 3.30. The van der Waals surface area contributed by atoms with Crippen LogP contribution in [0.3, 0.4) is 0 Å². The lowest BCUT2D eigenvalue weighted by Gasteiger charge is -2.08. The van der Waals surface area contributed by atoms with Crippen molar-refractivity contribution in [3.05, 3.63) is 71.4 Å². The molecule has 0 spiro atoms. The average Bonchev–Trinajstić information content (AvgIpc) is 3.44. The number of halogens is 3. The summed E-state index contributed by atoms with van der Waals surface area (Å²) in [7, 11) is 0. The number of nitrogens with two attached hydrogens (primary N) is 1. The molecule has 1 amide bonds. The van der Waals surface area contributed by atoms with Gasteiger partial charge >= 0.3 is 6.36 Å². The monoisotopic (exact) mass is 486 g/mol. The molecule has 2 aromatic carbocycles. The van der Waals surface area contributed by atoms with E-state index in [2.05, 4.69) is 25.3 Å². The van der Waals surface area contributed by atoms with Gasteiger partial charge in [-0.3, -0.25) is 9.48 Å². The molecular formula is C23H21F3N6O3. The molecule has 0 saturated heterocycles. The van der Waals surface area contributed by atoms with Crippen LogP contribution >= 0.6 is 0 Å². The molecule has 35 heavy (non-hydrogen) atoms. The van der Waals surface area contributed by atoms with Crippen molar-refractivity contribution in [2.45, 2.75) is 19.8 Å². The summed E-state index contributed by atoms with van der Waals surface area (Å²) in [4.78, 5) is 16.5. The Kier molecular flexibility index (Phi) is 6.82. The minimum absolute atomic E-state index is 0.160. The van der Waals surface area contributed by atoms with Gasteiger partial charge < -0.3 is 20.3 Å². The smallest absolute Gasteiger partial charge is 0.406 e. The lowest BCUT2D eigenvalue weighted by atomic mass is 10.1. The van der Waals surface area contributed by atoms with E-state index in [1.165, 1.54) is 24.3 Å². The molecule has 0 fully saturated rings. The van der Waals surface area contributed by atoms with Crippen LogP contribution in [0.5, 0.6) is 5.75 Å². The minimum atomic E-state index is -4.77. The zero-order chi connectivity index (χ0) is 25.0. The molecule has 0 aliphatic rings. The Labute approximate surface area is 197 Å². The molecule has 3 N–H and O–H groups in total. The third kappa shape index (κ3) is 6.03. The third-order valence-corrected chi connectivity index (χ3v) is 4.92. The fraction of sp³-hybridized carbons (Fsp3) is 0.217. The largest absolute Gasteiger partial charge is 0.573 e. The molecule has 0 aliphatic heterocycles. The summed E-state index contributed by atoms with van der Waals surface area (Å²) in [5, 5.41) is 11.1. The lowest BCUT2D eigenvalue weighted by molar-refractivity contribution is -0.274. The Morgan fingerprint density at radius 3 is 2.66 bits per heavy atom. The van der Waals surface area contributed by atoms with Crippen LogP contribution in [0.4, 0.5) is 13.2 Å². The Balaban J connectivity index is 1.48. The topological polar surface area (TPSA) is 121 Å². The maximum Gasteiger partial charge on any atom is 0.573 e. The summed E-state index contributed by atoms with van der Waals surface area (Å²) in [6.45, 7) is 3.02. The first-order valence-electron chi connectivity index (χ1n) is 10.5. The normalized spacial score (nSPS) is 11.5. The van der Waals surface area contributed by atoms with Crippen molar-refractivity contribution < 1.29 is 27.2 Å². The number of aromatic nitrogens is 4. The SMILES string of the molecule is Cc1cc(-c2nc(-c3ccc(OC(F)(F)F)cc3)no2)nn1Cc1cccc(C(=O)NCCN)c1. The van der Waals surface area contributed by atoms with Crippen LogP contribution < -0.4 is 15.8 Å². The first-order chi connectivity index (χ1) is 16.7. The number of benzene rings is 2. The van der Waals surface area contributed by atoms with Gasteiger partial charge in [0.1, 0.15) is 5.75 Å². The zero-order valence-corrected chi connectivity index (χ0v) is 18.5. The van der Waals surface area contributed by atoms with Crippen LogP contribution in [-0.4, -0.2) is 45.3 Å². The van der Waals surface area contributed by atoms with E-state index in [0.29, 0.717) is 36.5 Å². The van der Waals surface area contributed by atoms with Crippen LogP contribution in [0.2, 0.25) is 0 Å². The van der Waals surface area contributed by atoms with E-state index in [4.69, 9.17) is 10.3 Å². The van der Waals surface area contributed by atoms with E-state index in [9.17, 15) is 18.0 Å². The molecule has 182 valence electrons. The molecule has 9 nitrogen and oxygen atoms in total. The maximum absolute atomic E-state index is 12.3. The standard InChI is InChI=1S/C23H21F3N6O3/c1-14-11-19(30-32(14)13-15-3-2-4-17(12-15)21(33)28-10-9-27)22-29-20(31-35-22)16-5-7-18(8-6-16)34-23(24,25)26/h2-8,11-12H,9-10,13,27H2,1H3,(H,28,33). The highest BCUT2D eigenvalue weighted by molar-refractivity contribution is 5.94. The molecule has 2 heterocycles. The molecule has 0 saturated carbocycles. The van der Waals surface area contributed by atoms with Gasteiger partial charge in [-0.25, -0.2) is 0 Å². The van der Waals surface area contributed by atoms with Gasteiger partial charge in [0.05, 0.1) is 6.54 Å². The first kappa shape index (κ1) is 24.0. The van der Waals surface area contributed by atoms with Crippen molar-refractivity contribution in [1.29, 1.82) is 0 Å². The number of carbonyl (C=O) groups is 1. The van der Waals surface area contributed by atoms with E-state index in [0.717, 1.165) is 11.3 Å². The van der Waals surface area contributed by atoms with Crippen molar-refractivity contribution in [2.24, 2.45) is 5.73 Å². The second-order valence-corrected chi connectivity index (χ2v) is 7.57. The number of nitrogens with one attached hydrogen (secondary N) is 1. The Morgan fingerprint density at radius 2 is 1.94 bits per heavy atom. The van der Waals surface area contributed by atoms with Crippen molar-refractivity contribution in [3.63, 3.8) is 0 Å². The highest BCUT2D eigenvalue weighted by Crippen LogP contribution is 2.27. The number of aryl methyl sites for hydroxylation is 1. The van der Waals surface area contributed by atoms with Gasteiger partial charge in [0.2, 0.25) is 5.82 Å². The molecule has 4 aromatic rings. The lowest BCUT2D eigenvalue weighted by Crippen LogP contribution is -2.29. The third-order valence-electron chi connectivity index (χ3n) is 4.92. The highest BCUT2D eigenvalue weighted by atomic mass is 19.4. The van der Waals surface area contributed by atoms with Gasteiger partial charge in [0.25, 0.3) is 11.8 Å². The zero-order valence-electron chi connectivity index (χ0n) is 18.5.